The molecule has 1 aromatic carbocycles. The van der Waals surface area contributed by atoms with E-state index in [4.69, 9.17) is 9.47 Å². The molecule has 30 heavy (non-hydrogen) atoms. The fourth-order valence-corrected chi connectivity index (χ4v) is 3.82. The monoisotopic (exact) mass is 421 g/mol. The Morgan fingerprint density at radius 3 is 2.83 bits per heavy atom. The summed E-state index contributed by atoms with van der Waals surface area (Å²) in [6, 6.07) is 3.55. The van der Waals surface area contributed by atoms with Crippen LogP contribution < -0.4 is 20.1 Å². The van der Waals surface area contributed by atoms with E-state index in [0.29, 0.717) is 56.2 Å². The van der Waals surface area contributed by atoms with Gasteiger partial charge in [0, 0.05) is 44.2 Å². The topological polar surface area (TPSA) is 109 Å². The van der Waals surface area contributed by atoms with E-state index >= 15 is 0 Å². The summed E-state index contributed by atoms with van der Waals surface area (Å²) in [6.45, 7) is 3.33. The number of piperidine rings is 1. The third-order valence-electron chi connectivity index (χ3n) is 5.59. The summed E-state index contributed by atoms with van der Waals surface area (Å²) in [4.78, 5) is 26.2. The predicted molar refractivity (Wildman–Crippen MR) is 111 cm³/mol. The van der Waals surface area contributed by atoms with Crippen LogP contribution in [0.3, 0.4) is 0 Å². The van der Waals surface area contributed by atoms with Crippen LogP contribution in [0.2, 0.25) is 0 Å². The second kappa shape index (κ2) is 10.5. The van der Waals surface area contributed by atoms with Crippen molar-refractivity contribution >= 4 is 17.6 Å². The zero-order chi connectivity index (χ0) is 21.5. The number of methoxy groups -OCH3 is 1. The van der Waals surface area contributed by atoms with Crippen molar-refractivity contribution in [1.29, 1.82) is 0 Å². The maximum atomic E-state index is 12.8. The van der Waals surface area contributed by atoms with E-state index in [-0.39, 0.29) is 17.8 Å². The van der Waals surface area contributed by atoms with E-state index in [0.717, 1.165) is 25.2 Å². The maximum Gasteiger partial charge on any atom is 0.305 e. The standard InChI is InChI=1S/C21H31N3O6/c1-22-15-10-16(20-18(11-15)29-8-9-30-20)21(27)23-12-14-5-7-24(13-17(14)25)6-3-4-19(26)28-2/h10-11,14,17,22,25H,3-9,12-13H2,1-2H3,(H,23,27)/t14-,17+/m0/s1. The van der Waals surface area contributed by atoms with Gasteiger partial charge < -0.3 is 34.9 Å². The lowest BCUT2D eigenvalue weighted by Crippen LogP contribution is -2.47. The highest BCUT2D eigenvalue weighted by Crippen LogP contribution is 2.37. The van der Waals surface area contributed by atoms with E-state index in [1.54, 1.807) is 13.1 Å². The summed E-state index contributed by atoms with van der Waals surface area (Å²) >= 11 is 0. The Balaban J connectivity index is 1.51. The van der Waals surface area contributed by atoms with Crippen molar-refractivity contribution in [1.82, 2.24) is 10.2 Å². The van der Waals surface area contributed by atoms with Gasteiger partial charge in [-0.3, -0.25) is 9.59 Å². The van der Waals surface area contributed by atoms with Crippen LogP contribution in [0.1, 0.15) is 29.6 Å². The van der Waals surface area contributed by atoms with Crippen molar-refractivity contribution in [3.8, 4) is 11.5 Å². The molecule has 3 rings (SSSR count). The second-order valence-electron chi connectivity index (χ2n) is 7.60. The summed E-state index contributed by atoms with van der Waals surface area (Å²) in [5.41, 5.74) is 1.19. The third-order valence-corrected chi connectivity index (χ3v) is 5.59. The van der Waals surface area contributed by atoms with Crippen LogP contribution in [-0.4, -0.2) is 81.5 Å². The average molecular weight is 421 g/mol. The number of amides is 1. The number of fused-ring (bicyclic) bond motifs is 1. The number of rotatable bonds is 8. The fourth-order valence-electron chi connectivity index (χ4n) is 3.82. The predicted octanol–water partition coefficient (Wildman–Crippen LogP) is 0.865. The fraction of sp³-hybridized carbons (Fsp3) is 0.619. The van der Waals surface area contributed by atoms with Gasteiger partial charge in [-0.1, -0.05) is 0 Å². The molecule has 9 heteroatoms. The van der Waals surface area contributed by atoms with Crippen LogP contribution in [-0.2, 0) is 9.53 Å². The first-order valence-corrected chi connectivity index (χ1v) is 10.4. The zero-order valence-corrected chi connectivity index (χ0v) is 17.6. The van der Waals surface area contributed by atoms with E-state index in [2.05, 4.69) is 20.3 Å². The molecule has 2 aliphatic heterocycles. The van der Waals surface area contributed by atoms with Crippen molar-refractivity contribution in [2.45, 2.75) is 25.4 Å². The molecule has 1 saturated heterocycles. The van der Waals surface area contributed by atoms with Gasteiger partial charge in [-0.15, -0.1) is 0 Å². The van der Waals surface area contributed by atoms with E-state index in [1.165, 1.54) is 7.11 Å². The smallest absolute Gasteiger partial charge is 0.305 e. The second-order valence-corrected chi connectivity index (χ2v) is 7.60. The van der Waals surface area contributed by atoms with Crippen LogP contribution >= 0.6 is 0 Å². The van der Waals surface area contributed by atoms with E-state index in [1.807, 2.05) is 6.07 Å². The minimum Gasteiger partial charge on any atom is -0.486 e. The van der Waals surface area contributed by atoms with Gasteiger partial charge in [0.2, 0.25) is 0 Å². The summed E-state index contributed by atoms with van der Waals surface area (Å²) < 4.78 is 15.9. The van der Waals surface area contributed by atoms with Gasteiger partial charge in [0.05, 0.1) is 18.8 Å². The molecule has 166 valence electrons. The summed E-state index contributed by atoms with van der Waals surface area (Å²) in [5, 5.41) is 16.5. The van der Waals surface area contributed by atoms with Gasteiger partial charge in [-0.25, -0.2) is 0 Å². The molecular weight excluding hydrogens is 390 g/mol. The number of hydrogen-bond donors (Lipinski definition) is 3. The molecule has 9 nitrogen and oxygen atoms in total. The van der Waals surface area contributed by atoms with Gasteiger partial charge in [0.25, 0.3) is 5.91 Å². The molecule has 3 N–H and O–H groups in total. The number of β-amino-alcohol motifs (C(OH)–C–C–N with tert-alkyl or cyclic N) is 1. The molecule has 0 unspecified atom stereocenters. The number of benzene rings is 1. The Hall–Kier alpha value is -2.52. The molecule has 1 fully saturated rings. The Morgan fingerprint density at radius 2 is 2.10 bits per heavy atom. The third kappa shape index (κ3) is 5.54. The Labute approximate surface area is 176 Å². The molecule has 0 radical (unpaired) electrons. The van der Waals surface area contributed by atoms with Gasteiger partial charge in [-0.05, 0) is 32.0 Å². The molecule has 1 aromatic rings. The van der Waals surface area contributed by atoms with Gasteiger partial charge in [0.15, 0.2) is 11.5 Å². The highest BCUT2D eigenvalue weighted by atomic mass is 16.6. The number of esters is 1. The Morgan fingerprint density at radius 1 is 1.30 bits per heavy atom. The number of aliphatic hydroxyl groups is 1. The average Bonchev–Trinajstić information content (AvgIpc) is 2.77. The molecule has 0 spiro atoms. The van der Waals surface area contributed by atoms with Crippen molar-refractivity contribution in [2.75, 3.05) is 58.9 Å². The van der Waals surface area contributed by atoms with Gasteiger partial charge >= 0.3 is 5.97 Å². The van der Waals surface area contributed by atoms with Gasteiger partial charge in [-0.2, -0.15) is 0 Å². The van der Waals surface area contributed by atoms with Crippen LogP contribution in [0, 0.1) is 5.92 Å². The molecule has 0 aliphatic carbocycles. The molecule has 0 saturated carbocycles. The van der Waals surface area contributed by atoms with Crippen LogP contribution in [0.15, 0.2) is 12.1 Å². The highest BCUT2D eigenvalue weighted by Gasteiger charge is 2.29. The molecule has 1 amide bonds. The van der Waals surface area contributed by atoms with Crippen LogP contribution in [0.25, 0.3) is 0 Å². The minimum atomic E-state index is -0.533. The molecule has 2 heterocycles. The number of carbonyl (C=O) groups excluding carboxylic acids is 2. The van der Waals surface area contributed by atoms with Gasteiger partial charge in [0.1, 0.15) is 13.2 Å². The molecular formula is C21H31N3O6. The lowest BCUT2D eigenvalue weighted by atomic mass is 9.93. The molecule has 0 aromatic heterocycles. The molecule has 0 bridgehead atoms. The first-order chi connectivity index (χ1) is 14.5. The number of anilines is 1. The molecule has 2 atom stereocenters. The van der Waals surface area contributed by atoms with Crippen molar-refractivity contribution in [2.24, 2.45) is 5.92 Å². The Kier molecular flexibility index (Phi) is 7.75. The number of carbonyl (C=O) groups is 2. The van der Waals surface area contributed by atoms with Crippen molar-refractivity contribution in [3.05, 3.63) is 17.7 Å². The number of ether oxygens (including phenoxy) is 3. The van der Waals surface area contributed by atoms with Crippen molar-refractivity contribution in [3.63, 3.8) is 0 Å². The lowest BCUT2D eigenvalue weighted by Gasteiger charge is -2.36. The SMILES string of the molecule is CNc1cc2c(c(C(=O)NC[C@@H]3CCN(CCCC(=O)OC)C[C@H]3O)c1)OCCO2. The summed E-state index contributed by atoms with van der Waals surface area (Å²) in [7, 11) is 3.16. The largest absolute Gasteiger partial charge is 0.486 e. The normalized spacial score (nSPS) is 21.0. The Bertz CT molecular complexity index is 757. The van der Waals surface area contributed by atoms with Crippen molar-refractivity contribution < 1.29 is 28.9 Å². The maximum absolute atomic E-state index is 12.8. The summed E-state index contributed by atoms with van der Waals surface area (Å²) in [6.07, 6.45) is 1.32. The number of nitrogens with one attached hydrogen (secondary N) is 2. The zero-order valence-electron chi connectivity index (χ0n) is 17.6. The summed E-state index contributed by atoms with van der Waals surface area (Å²) in [5.74, 6) is 0.525. The van der Waals surface area contributed by atoms with E-state index < -0.39 is 6.10 Å². The van der Waals surface area contributed by atoms with Crippen LogP contribution in [0.4, 0.5) is 5.69 Å². The lowest BCUT2D eigenvalue weighted by molar-refractivity contribution is -0.140. The molecule has 2 aliphatic rings. The minimum absolute atomic E-state index is 0.0220. The quantitative estimate of drug-likeness (QED) is 0.531. The number of aliphatic hydroxyl groups excluding tert-OH is 1. The highest BCUT2D eigenvalue weighted by molar-refractivity contribution is 5.99. The first kappa shape index (κ1) is 22.2. The van der Waals surface area contributed by atoms with Crippen LogP contribution in [0.5, 0.6) is 11.5 Å². The number of nitrogens with zero attached hydrogens (tertiary/aromatic N) is 1. The number of likely N-dealkylation sites (tertiary alicyclic amines) is 1. The number of hydrogen-bond acceptors (Lipinski definition) is 8. The first-order valence-electron chi connectivity index (χ1n) is 10.4. The van der Waals surface area contributed by atoms with E-state index in [9.17, 15) is 14.7 Å².